The van der Waals surface area contributed by atoms with Crippen LogP contribution in [0.3, 0.4) is 0 Å². The molecule has 7 nitrogen and oxygen atoms in total. The first-order valence-electron chi connectivity index (χ1n) is 13.1. The number of sulfonamides is 1. The number of nitrogens with one attached hydrogen (secondary N) is 1. The monoisotopic (exact) mass is 583 g/mol. The van der Waals surface area contributed by atoms with Crippen molar-refractivity contribution in [3.8, 4) is 0 Å². The van der Waals surface area contributed by atoms with E-state index in [4.69, 9.17) is 11.6 Å². The summed E-state index contributed by atoms with van der Waals surface area (Å²) in [7, 11) is -4.17. The molecule has 0 aliphatic rings. The number of rotatable bonds is 9. The first-order chi connectivity index (χ1) is 18.6. The highest BCUT2D eigenvalue weighted by atomic mass is 35.5. The van der Waals surface area contributed by atoms with Crippen molar-refractivity contribution >= 4 is 39.1 Å². The maximum absolute atomic E-state index is 14.1. The Morgan fingerprint density at radius 2 is 1.55 bits per heavy atom. The summed E-state index contributed by atoms with van der Waals surface area (Å²) in [5.74, 6) is -0.853. The first-order valence-corrected chi connectivity index (χ1v) is 14.9. The van der Waals surface area contributed by atoms with Crippen molar-refractivity contribution in [2.24, 2.45) is 0 Å². The normalized spacial score (nSPS) is 12.5. The Morgan fingerprint density at radius 1 is 0.925 bits per heavy atom. The summed E-state index contributed by atoms with van der Waals surface area (Å²) in [5, 5.41) is 3.31. The van der Waals surface area contributed by atoms with E-state index in [-0.39, 0.29) is 17.3 Å². The van der Waals surface area contributed by atoms with Gasteiger partial charge in [0, 0.05) is 17.1 Å². The molecule has 0 spiro atoms. The van der Waals surface area contributed by atoms with E-state index in [2.05, 4.69) is 5.32 Å². The molecule has 3 rings (SSSR count). The Hall–Kier alpha value is -3.36. The summed E-state index contributed by atoms with van der Waals surface area (Å²) in [4.78, 5) is 28.7. The fourth-order valence-corrected chi connectivity index (χ4v) is 5.92. The zero-order chi connectivity index (χ0) is 29.8. The molecular weight excluding hydrogens is 546 g/mol. The van der Waals surface area contributed by atoms with Gasteiger partial charge in [0.05, 0.1) is 10.6 Å². The van der Waals surface area contributed by atoms with Gasteiger partial charge in [-0.3, -0.25) is 13.9 Å². The molecule has 3 aromatic rings. The predicted octanol–water partition coefficient (Wildman–Crippen LogP) is 5.79. The molecule has 0 bridgehead atoms. The highest BCUT2D eigenvalue weighted by Gasteiger charge is 2.34. The molecule has 0 aliphatic carbocycles. The van der Waals surface area contributed by atoms with Gasteiger partial charge >= 0.3 is 0 Å². The number of halogens is 1. The number of anilines is 1. The van der Waals surface area contributed by atoms with Crippen LogP contribution in [0.4, 0.5) is 5.69 Å². The van der Waals surface area contributed by atoms with Crippen molar-refractivity contribution in [3.05, 3.63) is 94.0 Å². The molecule has 0 aliphatic heterocycles. The highest BCUT2D eigenvalue weighted by molar-refractivity contribution is 7.92. The molecule has 1 atom stereocenters. The lowest BCUT2D eigenvalue weighted by Gasteiger charge is -2.34. The minimum Gasteiger partial charge on any atom is -0.350 e. The largest absolute Gasteiger partial charge is 0.350 e. The second kappa shape index (κ2) is 12.4. The molecule has 0 saturated heterocycles. The number of hydrogen-bond acceptors (Lipinski definition) is 4. The first kappa shape index (κ1) is 31.2. The smallest absolute Gasteiger partial charge is 0.264 e. The van der Waals surface area contributed by atoms with Crippen LogP contribution in [0.25, 0.3) is 0 Å². The summed E-state index contributed by atoms with van der Waals surface area (Å²) in [6.45, 7) is 12.4. The van der Waals surface area contributed by atoms with Gasteiger partial charge < -0.3 is 10.2 Å². The molecule has 1 N–H and O–H groups in total. The van der Waals surface area contributed by atoms with E-state index in [1.54, 1.807) is 44.2 Å². The van der Waals surface area contributed by atoms with Crippen LogP contribution in [-0.4, -0.2) is 43.3 Å². The average Bonchev–Trinajstić information content (AvgIpc) is 2.86. The second-order valence-electron chi connectivity index (χ2n) is 11.1. The molecule has 40 heavy (non-hydrogen) atoms. The van der Waals surface area contributed by atoms with Gasteiger partial charge in [0.2, 0.25) is 11.8 Å². The number of hydrogen-bond donors (Lipinski definition) is 1. The topological polar surface area (TPSA) is 86.8 Å². The molecule has 0 heterocycles. The fraction of sp³-hybridized carbons (Fsp3) is 0.355. The Kier molecular flexibility index (Phi) is 9.69. The number of nitrogens with zero attached hydrogens (tertiary/aromatic N) is 2. The summed E-state index contributed by atoms with van der Waals surface area (Å²) in [5.41, 5.74) is 3.05. The van der Waals surface area contributed by atoms with Gasteiger partial charge in [-0.2, -0.15) is 0 Å². The summed E-state index contributed by atoms with van der Waals surface area (Å²) in [6.07, 6.45) is 0. The van der Waals surface area contributed by atoms with Crippen LogP contribution in [-0.2, 0) is 26.2 Å². The second-order valence-corrected chi connectivity index (χ2v) is 13.4. The molecule has 0 saturated carbocycles. The van der Waals surface area contributed by atoms with Gasteiger partial charge in [-0.1, -0.05) is 65.2 Å². The molecule has 214 valence electrons. The van der Waals surface area contributed by atoms with Crippen molar-refractivity contribution in [2.75, 3.05) is 10.8 Å². The Morgan fingerprint density at radius 3 is 2.15 bits per heavy atom. The molecule has 0 radical (unpaired) electrons. The van der Waals surface area contributed by atoms with Crippen molar-refractivity contribution < 1.29 is 18.0 Å². The van der Waals surface area contributed by atoms with E-state index in [9.17, 15) is 18.0 Å². The maximum atomic E-state index is 14.1. The molecule has 3 aromatic carbocycles. The standard InChI is InChI=1S/C31H38ClN3O4S/c1-21-14-16-26(17-15-21)40(38,39)35(28-13-9-12-27(32)23(28)3)20-29(36)34(19-25-11-8-10-22(2)18-25)24(4)30(37)33-31(5,6)7/h8-18,24H,19-20H2,1-7H3,(H,33,37). The van der Waals surface area contributed by atoms with Gasteiger partial charge in [-0.05, 0) is 83.9 Å². The highest BCUT2D eigenvalue weighted by Crippen LogP contribution is 2.31. The predicted molar refractivity (Wildman–Crippen MR) is 161 cm³/mol. The molecule has 9 heteroatoms. The maximum Gasteiger partial charge on any atom is 0.264 e. The van der Waals surface area contributed by atoms with Crippen LogP contribution in [0.1, 0.15) is 49.9 Å². The van der Waals surface area contributed by atoms with Gasteiger partial charge in [-0.15, -0.1) is 0 Å². The van der Waals surface area contributed by atoms with Crippen LogP contribution in [0, 0.1) is 20.8 Å². The van der Waals surface area contributed by atoms with E-state index in [1.165, 1.54) is 17.0 Å². The summed E-state index contributed by atoms with van der Waals surface area (Å²) >= 11 is 6.38. The van der Waals surface area contributed by atoms with Crippen LogP contribution >= 0.6 is 11.6 Å². The van der Waals surface area contributed by atoms with E-state index < -0.39 is 34.1 Å². The molecule has 1 unspecified atom stereocenters. The van der Waals surface area contributed by atoms with Crippen LogP contribution < -0.4 is 9.62 Å². The van der Waals surface area contributed by atoms with Crippen molar-refractivity contribution in [1.29, 1.82) is 0 Å². The number of carbonyl (C=O) groups excluding carboxylic acids is 2. The van der Waals surface area contributed by atoms with E-state index in [0.717, 1.165) is 21.0 Å². The van der Waals surface area contributed by atoms with Crippen molar-refractivity contribution in [3.63, 3.8) is 0 Å². The average molecular weight is 584 g/mol. The van der Waals surface area contributed by atoms with Crippen LogP contribution in [0.15, 0.2) is 71.6 Å². The Labute approximate surface area is 243 Å². The molecule has 2 amide bonds. The third-order valence-corrected chi connectivity index (χ3v) is 8.68. The number of aryl methyl sites for hydroxylation is 2. The van der Waals surface area contributed by atoms with Crippen LogP contribution in [0.2, 0.25) is 5.02 Å². The summed E-state index contributed by atoms with van der Waals surface area (Å²) in [6, 6.07) is 18.2. The molecular formula is C31H38ClN3O4S. The number of carbonyl (C=O) groups is 2. The zero-order valence-electron chi connectivity index (χ0n) is 24.2. The van der Waals surface area contributed by atoms with Gasteiger partial charge in [0.25, 0.3) is 10.0 Å². The Balaban J connectivity index is 2.08. The third-order valence-electron chi connectivity index (χ3n) is 6.50. The fourth-order valence-electron chi connectivity index (χ4n) is 4.28. The lowest BCUT2D eigenvalue weighted by molar-refractivity contribution is -0.140. The minimum absolute atomic E-state index is 0.0500. The lowest BCUT2D eigenvalue weighted by atomic mass is 10.1. The third kappa shape index (κ3) is 7.64. The zero-order valence-corrected chi connectivity index (χ0v) is 25.7. The summed E-state index contributed by atoms with van der Waals surface area (Å²) < 4.78 is 29.1. The van der Waals surface area contributed by atoms with Crippen LogP contribution in [0.5, 0.6) is 0 Å². The van der Waals surface area contributed by atoms with Gasteiger partial charge in [0.1, 0.15) is 12.6 Å². The van der Waals surface area contributed by atoms with Crippen molar-refractivity contribution in [1.82, 2.24) is 10.2 Å². The quantitative estimate of drug-likeness (QED) is 0.345. The van der Waals surface area contributed by atoms with Gasteiger partial charge in [-0.25, -0.2) is 8.42 Å². The molecule has 0 fully saturated rings. The lowest BCUT2D eigenvalue weighted by Crippen LogP contribution is -2.54. The van der Waals surface area contributed by atoms with E-state index >= 15 is 0 Å². The van der Waals surface area contributed by atoms with E-state index in [0.29, 0.717) is 16.3 Å². The van der Waals surface area contributed by atoms with Crippen molar-refractivity contribution in [2.45, 2.75) is 71.5 Å². The minimum atomic E-state index is -4.17. The number of amides is 2. The number of benzene rings is 3. The van der Waals surface area contributed by atoms with E-state index in [1.807, 2.05) is 58.9 Å². The Bertz CT molecular complexity index is 1480. The van der Waals surface area contributed by atoms with Gasteiger partial charge in [0.15, 0.2) is 0 Å². The molecule has 0 aromatic heterocycles. The SMILES string of the molecule is Cc1ccc(S(=O)(=O)N(CC(=O)N(Cc2cccc(C)c2)C(C)C(=O)NC(C)(C)C)c2cccc(Cl)c2C)cc1.